The molecule has 5 rings (SSSR count). The second-order valence-electron chi connectivity index (χ2n) is 9.10. The topological polar surface area (TPSA) is 92.3 Å². The summed E-state index contributed by atoms with van der Waals surface area (Å²) in [6, 6.07) is 14.1. The number of fused-ring (bicyclic) bond motifs is 1. The molecule has 206 valence electrons. The Bertz CT molecular complexity index is 1830. The molecule has 2 aromatic carbocycles. The van der Waals surface area contributed by atoms with E-state index < -0.39 is 12.0 Å². The van der Waals surface area contributed by atoms with Crippen LogP contribution in [0.15, 0.2) is 78.5 Å². The Balaban J connectivity index is 1.68. The highest BCUT2D eigenvalue weighted by Gasteiger charge is 2.35. The Labute approximate surface area is 243 Å². The molecule has 0 spiro atoms. The van der Waals surface area contributed by atoms with Gasteiger partial charge in [-0.25, -0.2) is 9.79 Å². The van der Waals surface area contributed by atoms with Crippen molar-refractivity contribution < 1.29 is 23.4 Å². The number of aryl methyl sites for hydroxylation is 1. The molecule has 0 bridgehead atoms. The van der Waals surface area contributed by atoms with E-state index in [0.717, 1.165) is 15.6 Å². The van der Waals surface area contributed by atoms with E-state index in [9.17, 15) is 9.59 Å². The molecular weight excluding hydrogens is 596 g/mol. The van der Waals surface area contributed by atoms with Crippen molar-refractivity contribution in [3.05, 3.63) is 101 Å². The second kappa shape index (κ2) is 11.3. The maximum atomic E-state index is 13.9. The van der Waals surface area contributed by atoms with Crippen LogP contribution < -0.4 is 24.4 Å². The van der Waals surface area contributed by atoms with Gasteiger partial charge < -0.3 is 18.6 Å². The lowest BCUT2D eigenvalue weighted by Crippen LogP contribution is -2.40. The number of nitrogens with zero attached hydrogens (tertiary/aromatic N) is 2. The first-order valence-electron chi connectivity index (χ1n) is 12.5. The summed E-state index contributed by atoms with van der Waals surface area (Å²) in [4.78, 5) is 32.2. The number of benzene rings is 2. The number of allylic oxidation sites excluding steroid dienone is 1. The van der Waals surface area contributed by atoms with Gasteiger partial charge in [0.25, 0.3) is 5.56 Å². The number of hydrogen-bond donors (Lipinski definition) is 0. The van der Waals surface area contributed by atoms with E-state index in [1.165, 1.54) is 23.0 Å². The van der Waals surface area contributed by atoms with Gasteiger partial charge >= 0.3 is 5.97 Å². The highest BCUT2D eigenvalue weighted by molar-refractivity contribution is 9.10. The van der Waals surface area contributed by atoms with E-state index in [4.69, 9.17) is 18.6 Å². The molecule has 10 heteroatoms. The number of carbonyl (C=O) groups is 1. The molecule has 1 unspecified atom stereocenters. The Morgan fingerprint density at radius 2 is 1.93 bits per heavy atom. The summed E-state index contributed by atoms with van der Waals surface area (Å²) in [5.41, 5.74) is 3.02. The number of halogens is 1. The number of esters is 1. The van der Waals surface area contributed by atoms with Crippen LogP contribution in [0.25, 0.3) is 17.4 Å². The molecule has 8 nitrogen and oxygen atoms in total. The van der Waals surface area contributed by atoms with E-state index in [1.54, 1.807) is 45.2 Å². The number of furan rings is 1. The minimum Gasteiger partial charge on any atom is -0.497 e. The van der Waals surface area contributed by atoms with Crippen LogP contribution >= 0.6 is 27.3 Å². The van der Waals surface area contributed by atoms with E-state index in [2.05, 4.69) is 20.9 Å². The van der Waals surface area contributed by atoms with Gasteiger partial charge in [0.15, 0.2) is 4.80 Å². The first kappa shape index (κ1) is 27.7. The molecule has 1 aliphatic heterocycles. The monoisotopic (exact) mass is 622 g/mol. The Hall–Kier alpha value is -3.89. The Morgan fingerprint density at radius 3 is 2.62 bits per heavy atom. The average Bonchev–Trinajstić information content (AvgIpc) is 3.51. The first-order valence-corrected chi connectivity index (χ1v) is 14.1. The third-order valence-electron chi connectivity index (χ3n) is 6.54. The fraction of sp³-hybridized carbons (Fsp3) is 0.233. The number of ether oxygens (including phenoxy) is 3. The van der Waals surface area contributed by atoms with Crippen LogP contribution in [0.2, 0.25) is 0 Å². The van der Waals surface area contributed by atoms with E-state index >= 15 is 0 Å². The summed E-state index contributed by atoms with van der Waals surface area (Å²) in [7, 11) is 3.09. The standard InChI is InChI=1S/C30H27BrN2O6S/c1-6-38-29(35)26-17(3)32-30-33(27(26)21-14-18(36-4)8-11-23(21)37-5)28(34)25(40-30)15-19-9-12-24(39-19)20-10-7-16(2)13-22(20)31/h7-15,27H,6H2,1-5H3/b25-15-. The van der Waals surface area contributed by atoms with Crippen molar-refractivity contribution in [3.63, 3.8) is 0 Å². The van der Waals surface area contributed by atoms with E-state index in [-0.39, 0.29) is 17.7 Å². The average molecular weight is 624 g/mol. The van der Waals surface area contributed by atoms with Crippen molar-refractivity contribution >= 4 is 39.3 Å². The van der Waals surface area contributed by atoms with Gasteiger partial charge in [-0.3, -0.25) is 9.36 Å². The van der Waals surface area contributed by atoms with Crippen molar-refractivity contribution in [2.24, 2.45) is 4.99 Å². The van der Waals surface area contributed by atoms with Gasteiger partial charge in [0.1, 0.15) is 29.1 Å². The van der Waals surface area contributed by atoms with Crippen molar-refractivity contribution in [3.8, 4) is 22.8 Å². The van der Waals surface area contributed by atoms with Crippen LogP contribution in [0.1, 0.15) is 36.8 Å². The van der Waals surface area contributed by atoms with Gasteiger partial charge in [0.2, 0.25) is 0 Å². The van der Waals surface area contributed by atoms with Crippen molar-refractivity contribution in [2.75, 3.05) is 20.8 Å². The third kappa shape index (κ3) is 5.04. The number of carbonyl (C=O) groups excluding carboxylic acids is 1. The summed E-state index contributed by atoms with van der Waals surface area (Å²) in [5, 5.41) is 0. The molecule has 40 heavy (non-hydrogen) atoms. The summed E-state index contributed by atoms with van der Waals surface area (Å²) < 4.78 is 25.4. The largest absolute Gasteiger partial charge is 0.497 e. The molecule has 0 saturated carbocycles. The molecule has 0 N–H and O–H groups in total. The molecule has 0 saturated heterocycles. The maximum Gasteiger partial charge on any atom is 0.338 e. The molecular formula is C30H27BrN2O6S. The minimum absolute atomic E-state index is 0.180. The van der Waals surface area contributed by atoms with Crippen LogP contribution in [0, 0.1) is 6.92 Å². The SMILES string of the molecule is CCOC(=O)C1=C(C)N=c2s/c(=C\c3ccc(-c4ccc(C)cc4Br)o3)c(=O)n2C1c1cc(OC)ccc1OC. The van der Waals surface area contributed by atoms with Gasteiger partial charge in [-0.15, -0.1) is 0 Å². The van der Waals surface area contributed by atoms with Crippen LogP contribution in [0.5, 0.6) is 11.5 Å². The number of methoxy groups -OCH3 is 2. The van der Waals surface area contributed by atoms with Crippen LogP contribution in [0.4, 0.5) is 0 Å². The van der Waals surface area contributed by atoms with E-state index in [1.807, 2.05) is 37.3 Å². The third-order valence-corrected chi connectivity index (χ3v) is 8.18. The molecule has 2 aromatic heterocycles. The molecule has 0 fully saturated rings. The fourth-order valence-electron chi connectivity index (χ4n) is 4.66. The molecule has 0 radical (unpaired) electrons. The maximum absolute atomic E-state index is 13.9. The highest BCUT2D eigenvalue weighted by Crippen LogP contribution is 2.38. The Morgan fingerprint density at radius 1 is 1.12 bits per heavy atom. The van der Waals surface area contributed by atoms with Crippen LogP contribution in [0.3, 0.4) is 0 Å². The lowest BCUT2D eigenvalue weighted by atomic mass is 9.95. The first-order chi connectivity index (χ1) is 19.2. The number of thiazole rings is 1. The van der Waals surface area contributed by atoms with Gasteiger partial charge in [-0.2, -0.15) is 0 Å². The molecule has 3 heterocycles. The zero-order chi connectivity index (χ0) is 28.6. The second-order valence-corrected chi connectivity index (χ2v) is 11.0. The number of aromatic nitrogens is 1. The number of rotatable bonds is 7. The number of hydrogen-bond acceptors (Lipinski definition) is 8. The smallest absolute Gasteiger partial charge is 0.338 e. The van der Waals surface area contributed by atoms with Gasteiger partial charge in [-0.1, -0.05) is 33.3 Å². The predicted molar refractivity (Wildman–Crippen MR) is 157 cm³/mol. The van der Waals surface area contributed by atoms with Gasteiger partial charge in [0, 0.05) is 21.7 Å². The normalized spacial score (nSPS) is 15.1. The van der Waals surface area contributed by atoms with Crippen molar-refractivity contribution in [1.82, 2.24) is 4.57 Å². The predicted octanol–water partition coefficient (Wildman–Crippen LogP) is 5.15. The molecule has 0 aliphatic carbocycles. The summed E-state index contributed by atoms with van der Waals surface area (Å²) in [6.07, 6.45) is 1.69. The summed E-state index contributed by atoms with van der Waals surface area (Å²) in [5.74, 6) is 1.69. The molecule has 1 aliphatic rings. The lowest BCUT2D eigenvalue weighted by molar-refractivity contribution is -0.139. The zero-order valence-corrected chi connectivity index (χ0v) is 25.0. The lowest BCUT2D eigenvalue weighted by Gasteiger charge is -2.26. The Kier molecular flexibility index (Phi) is 7.82. The highest BCUT2D eigenvalue weighted by atomic mass is 79.9. The fourth-order valence-corrected chi connectivity index (χ4v) is 6.38. The van der Waals surface area contributed by atoms with Crippen LogP contribution in [-0.4, -0.2) is 31.4 Å². The minimum atomic E-state index is -0.835. The summed E-state index contributed by atoms with van der Waals surface area (Å²) in [6.45, 7) is 5.67. The van der Waals surface area contributed by atoms with Crippen molar-refractivity contribution in [1.29, 1.82) is 0 Å². The van der Waals surface area contributed by atoms with Gasteiger partial charge in [-0.05, 0) is 68.8 Å². The van der Waals surface area contributed by atoms with Crippen molar-refractivity contribution in [2.45, 2.75) is 26.8 Å². The molecule has 0 amide bonds. The molecule has 1 atom stereocenters. The van der Waals surface area contributed by atoms with E-state index in [0.29, 0.717) is 43.6 Å². The quantitative estimate of drug-likeness (QED) is 0.265. The zero-order valence-electron chi connectivity index (χ0n) is 22.6. The van der Waals surface area contributed by atoms with Crippen LogP contribution in [-0.2, 0) is 9.53 Å². The molecule has 4 aromatic rings. The summed E-state index contributed by atoms with van der Waals surface area (Å²) >= 11 is 4.82. The van der Waals surface area contributed by atoms with Gasteiger partial charge in [0.05, 0.1) is 36.6 Å².